The first-order valence-corrected chi connectivity index (χ1v) is 6.62. The first-order valence-electron chi connectivity index (χ1n) is 4.06. The van der Waals surface area contributed by atoms with Gasteiger partial charge in [-0.3, -0.25) is 0 Å². The number of anilines is 1. The Morgan fingerprint density at radius 2 is 2.14 bits per heavy atom. The Balaban J connectivity index is 3.07. The highest BCUT2D eigenvalue weighted by Gasteiger charge is 2.12. The number of benzene rings is 1. The van der Waals surface area contributed by atoms with E-state index in [2.05, 4.69) is 8.25 Å². The molecule has 1 rings (SSSR count). The summed E-state index contributed by atoms with van der Waals surface area (Å²) in [5.74, 6) is 0. The number of rotatable bonds is 4. The molecule has 0 spiro atoms. The van der Waals surface area contributed by atoms with Crippen LogP contribution in [0.25, 0.3) is 0 Å². The van der Waals surface area contributed by atoms with Gasteiger partial charge in [0.1, 0.15) is 0 Å². The summed E-state index contributed by atoms with van der Waals surface area (Å²) in [7, 11) is -3.34. The van der Waals surface area contributed by atoms with Crippen LogP contribution < -0.4 is 8.25 Å². The van der Waals surface area contributed by atoms with Gasteiger partial charge in [0.2, 0.25) is 10.0 Å². The van der Waals surface area contributed by atoms with Gasteiger partial charge in [-0.25, -0.2) is 13.1 Å². The van der Waals surface area contributed by atoms with Crippen LogP contribution in [0.15, 0.2) is 29.2 Å². The molecule has 0 heterocycles. The van der Waals surface area contributed by atoms with Crippen molar-refractivity contribution in [3.8, 4) is 0 Å². The number of sulfonamides is 1. The summed E-state index contributed by atoms with van der Waals surface area (Å²) in [5.41, 5.74) is 0.768. The molecular formula is C8H11IN2O2S. The molecule has 0 saturated heterocycles. The molecular weight excluding hydrogens is 315 g/mol. The summed E-state index contributed by atoms with van der Waals surface area (Å²) in [6.45, 7) is 2.14. The van der Waals surface area contributed by atoms with E-state index in [9.17, 15) is 8.42 Å². The Morgan fingerprint density at radius 3 is 2.71 bits per heavy atom. The minimum Gasteiger partial charge on any atom is -0.328 e. The quantitative estimate of drug-likeness (QED) is 0.655. The molecule has 4 nitrogen and oxygen atoms in total. The summed E-state index contributed by atoms with van der Waals surface area (Å²) >= 11 is 1.95. The molecule has 0 bridgehead atoms. The van der Waals surface area contributed by atoms with E-state index in [1.807, 2.05) is 22.9 Å². The molecule has 0 aliphatic carbocycles. The van der Waals surface area contributed by atoms with Crippen LogP contribution in [-0.2, 0) is 10.0 Å². The van der Waals surface area contributed by atoms with Crippen molar-refractivity contribution in [2.45, 2.75) is 11.8 Å². The van der Waals surface area contributed by atoms with Crippen molar-refractivity contribution >= 4 is 38.6 Å². The maximum Gasteiger partial charge on any atom is 0.240 e. The normalized spacial score (nSPS) is 11.3. The zero-order chi connectivity index (χ0) is 10.6. The molecule has 0 aromatic heterocycles. The number of hydrogen-bond donors (Lipinski definition) is 2. The van der Waals surface area contributed by atoms with Crippen molar-refractivity contribution in [1.82, 2.24) is 4.72 Å². The molecule has 0 unspecified atom stereocenters. The van der Waals surface area contributed by atoms with Crippen molar-refractivity contribution in [2.24, 2.45) is 0 Å². The Labute approximate surface area is 97.6 Å². The first kappa shape index (κ1) is 11.7. The van der Waals surface area contributed by atoms with Crippen molar-refractivity contribution in [3.63, 3.8) is 0 Å². The van der Waals surface area contributed by atoms with E-state index in [1.165, 1.54) is 0 Å². The van der Waals surface area contributed by atoms with Gasteiger partial charge in [-0.1, -0.05) is 13.0 Å². The molecule has 0 aliphatic heterocycles. The van der Waals surface area contributed by atoms with Gasteiger partial charge in [0, 0.05) is 12.2 Å². The highest BCUT2D eigenvalue weighted by atomic mass is 127. The maximum atomic E-state index is 11.6. The third-order valence-electron chi connectivity index (χ3n) is 1.59. The van der Waals surface area contributed by atoms with Crippen LogP contribution >= 0.6 is 22.9 Å². The lowest BCUT2D eigenvalue weighted by Gasteiger charge is -2.05. The van der Waals surface area contributed by atoms with Crippen LogP contribution in [0.2, 0.25) is 0 Å². The lowest BCUT2D eigenvalue weighted by atomic mass is 10.3. The largest absolute Gasteiger partial charge is 0.328 e. The topological polar surface area (TPSA) is 58.2 Å². The minimum atomic E-state index is -3.34. The Hall–Kier alpha value is -0.340. The van der Waals surface area contributed by atoms with Gasteiger partial charge in [0.15, 0.2) is 0 Å². The Kier molecular flexibility index (Phi) is 4.14. The second-order valence-corrected chi connectivity index (χ2v) is 4.93. The average molecular weight is 326 g/mol. The van der Waals surface area contributed by atoms with E-state index in [0.29, 0.717) is 6.54 Å². The Morgan fingerprint density at radius 1 is 1.43 bits per heavy atom. The Bertz CT molecular complexity index is 406. The van der Waals surface area contributed by atoms with E-state index < -0.39 is 10.0 Å². The molecule has 0 amide bonds. The van der Waals surface area contributed by atoms with Crippen LogP contribution in [0.1, 0.15) is 6.92 Å². The first-order chi connectivity index (χ1) is 6.60. The van der Waals surface area contributed by atoms with Crippen molar-refractivity contribution in [2.75, 3.05) is 10.1 Å². The zero-order valence-corrected chi connectivity index (χ0v) is 10.6. The molecule has 0 fully saturated rings. The fraction of sp³-hybridized carbons (Fsp3) is 0.250. The molecule has 0 atom stereocenters. The lowest BCUT2D eigenvalue weighted by Crippen LogP contribution is -2.23. The van der Waals surface area contributed by atoms with Crippen LogP contribution in [-0.4, -0.2) is 15.0 Å². The van der Waals surface area contributed by atoms with E-state index in [0.717, 1.165) is 5.69 Å². The predicted molar refractivity (Wildman–Crippen MR) is 64.9 cm³/mol. The van der Waals surface area contributed by atoms with Crippen molar-refractivity contribution in [1.29, 1.82) is 0 Å². The van der Waals surface area contributed by atoms with E-state index >= 15 is 0 Å². The van der Waals surface area contributed by atoms with Gasteiger partial charge in [0.05, 0.1) is 27.8 Å². The minimum absolute atomic E-state index is 0.279. The molecule has 78 valence electrons. The number of nitrogens with one attached hydrogen (secondary N) is 2. The number of hydrogen-bond acceptors (Lipinski definition) is 3. The highest BCUT2D eigenvalue weighted by Crippen LogP contribution is 2.16. The van der Waals surface area contributed by atoms with Gasteiger partial charge in [-0.05, 0) is 18.2 Å². The van der Waals surface area contributed by atoms with E-state index in [1.54, 1.807) is 31.2 Å². The van der Waals surface area contributed by atoms with Gasteiger partial charge >= 0.3 is 0 Å². The lowest BCUT2D eigenvalue weighted by molar-refractivity contribution is 0.584. The maximum absolute atomic E-state index is 11.6. The monoisotopic (exact) mass is 326 g/mol. The second-order valence-electron chi connectivity index (χ2n) is 2.62. The summed E-state index contributed by atoms with van der Waals surface area (Å²) in [6, 6.07) is 6.66. The third kappa shape index (κ3) is 2.82. The molecule has 6 heteroatoms. The summed E-state index contributed by atoms with van der Waals surface area (Å²) in [4.78, 5) is 0.279. The molecule has 1 aromatic rings. The number of halogens is 1. The highest BCUT2D eigenvalue weighted by molar-refractivity contribution is 14.1. The van der Waals surface area contributed by atoms with Gasteiger partial charge in [-0.2, -0.15) is 0 Å². The average Bonchev–Trinajstić information content (AvgIpc) is 2.18. The fourth-order valence-electron chi connectivity index (χ4n) is 0.995. The molecule has 14 heavy (non-hydrogen) atoms. The molecule has 0 aliphatic rings. The van der Waals surface area contributed by atoms with Crippen molar-refractivity contribution in [3.05, 3.63) is 24.3 Å². The molecule has 0 radical (unpaired) electrons. The fourth-order valence-corrected chi connectivity index (χ4v) is 2.42. The summed E-state index contributed by atoms with van der Waals surface area (Å²) in [6.07, 6.45) is 0. The SMILES string of the molecule is CCNS(=O)(=O)c1cccc(NI)c1. The van der Waals surface area contributed by atoms with Crippen LogP contribution in [0, 0.1) is 0 Å². The van der Waals surface area contributed by atoms with Crippen LogP contribution in [0.5, 0.6) is 0 Å². The standard InChI is InChI=1S/C8H11IN2O2S/c1-2-10-14(12,13)8-5-3-4-7(6-8)11-9/h3-6,10-11H,2H2,1H3. The molecule has 0 saturated carbocycles. The molecule has 2 N–H and O–H groups in total. The van der Waals surface area contributed by atoms with Gasteiger partial charge in [0.25, 0.3) is 0 Å². The van der Waals surface area contributed by atoms with Crippen LogP contribution in [0.3, 0.4) is 0 Å². The van der Waals surface area contributed by atoms with E-state index in [-0.39, 0.29) is 4.90 Å². The summed E-state index contributed by atoms with van der Waals surface area (Å²) < 4.78 is 28.4. The zero-order valence-electron chi connectivity index (χ0n) is 7.62. The predicted octanol–water partition coefficient (Wildman–Crippen LogP) is 1.75. The van der Waals surface area contributed by atoms with E-state index in [4.69, 9.17) is 0 Å². The third-order valence-corrected chi connectivity index (χ3v) is 3.75. The molecule has 1 aromatic carbocycles. The van der Waals surface area contributed by atoms with Gasteiger partial charge < -0.3 is 3.53 Å². The van der Waals surface area contributed by atoms with Gasteiger partial charge in [-0.15, -0.1) is 0 Å². The second kappa shape index (κ2) is 4.94. The van der Waals surface area contributed by atoms with Crippen LogP contribution in [0.4, 0.5) is 5.69 Å². The van der Waals surface area contributed by atoms with Crippen molar-refractivity contribution < 1.29 is 8.42 Å². The summed E-state index contributed by atoms with van der Waals surface area (Å²) in [5, 5.41) is 0. The smallest absolute Gasteiger partial charge is 0.240 e.